The van der Waals surface area contributed by atoms with Crippen LogP contribution in [0.25, 0.3) is 0 Å². The predicted octanol–water partition coefficient (Wildman–Crippen LogP) is 2.99. The van der Waals surface area contributed by atoms with Crippen molar-refractivity contribution in [3.63, 3.8) is 0 Å². The Morgan fingerprint density at radius 2 is 1.95 bits per heavy atom. The number of ether oxygens (including phenoxy) is 1. The molecule has 0 N–H and O–H groups in total. The number of esters is 1. The van der Waals surface area contributed by atoms with Gasteiger partial charge in [-0.2, -0.15) is 0 Å². The molecule has 0 unspecified atom stereocenters. The first kappa shape index (κ1) is 13.5. The van der Waals surface area contributed by atoms with E-state index in [2.05, 4.69) is 26.0 Å². The van der Waals surface area contributed by atoms with Gasteiger partial charge in [0.2, 0.25) is 0 Å². The Hall–Kier alpha value is -1.12. The molecule has 0 amide bonds. The van der Waals surface area contributed by atoms with Crippen LogP contribution in [0.2, 0.25) is 0 Å². The molecule has 2 saturated carbocycles. The molecule has 21 heavy (non-hydrogen) atoms. The summed E-state index contributed by atoms with van der Waals surface area (Å²) in [5.41, 5.74) is -0.345. The predicted molar refractivity (Wildman–Crippen MR) is 78.3 cm³/mol. The second-order valence-corrected chi connectivity index (χ2v) is 7.94. The summed E-state index contributed by atoms with van der Waals surface area (Å²) in [5.74, 6) is 1.32. The summed E-state index contributed by atoms with van der Waals surface area (Å²) in [7, 11) is 0. The van der Waals surface area contributed by atoms with Crippen LogP contribution in [-0.2, 0) is 14.3 Å². The van der Waals surface area contributed by atoms with Crippen LogP contribution in [0.5, 0.6) is 0 Å². The van der Waals surface area contributed by atoms with Gasteiger partial charge in [-0.1, -0.05) is 32.4 Å². The fraction of sp³-hybridized carbons (Fsp3) is 0.778. The molecule has 1 saturated heterocycles. The van der Waals surface area contributed by atoms with Crippen LogP contribution in [0.15, 0.2) is 12.2 Å². The SMILES string of the molecule is C[C@@H]1CC[C@@H]2[C@H](C=C[C@H]3[C@H]4[C@H](C(=O)O[C@@H]4C)C(=O)[C@@]23C)C1. The molecule has 3 fully saturated rings. The standard InChI is InChI=1S/C18H24O3/c1-9-4-6-12-11(8-9)5-7-13-14-10(2)21-17(20)15(14)16(19)18(12,13)3/h5,7,9-15H,4,6,8H2,1-3H3/t9-,10-,11-,12-,13+,14+,15+,18+/m1/s1. The van der Waals surface area contributed by atoms with Gasteiger partial charge in [-0.15, -0.1) is 0 Å². The summed E-state index contributed by atoms with van der Waals surface area (Å²) >= 11 is 0. The van der Waals surface area contributed by atoms with E-state index in [0.717, 1.165) is 12.3 Å². The topological polar surface area (TPSA) is 43.4 Å². The van der Waals surface area contributed by atoms with E-state index in [1.165, 1.54) is 12.8 Å². The number of carbonyl (C=O) groups is 2. The number of Topliss-reactive ketones (excluding diaryl/α,β-unsaturated/α-hetero) is 1. The minimum atomic E-state index is -0.502. The van der Waals surface area contributed by atoms with Crippen molar-refractivity contribution in [3.8, 4) is 0 Å². The monoisotopic (exact) mass is 288 g/mol. The molecule has 114 valence electrons. The fourth-order valence-corrected chi connectivity index (χ4v) is 5.85. The molecule has 3 aliphatic carbocycles. The maximum Gasteiger partial charge on any atom is 0.317 e. The lowest BCUT2D eigenvalue weighted by atomic mass is 9.55. The maximum absolute atomic E-state index is 13.1. The van der Waals surface area contributed by atoms with E-state index in [4.69, 9.17) is 4.74 Å². The molecule has 0 aromatic rings. The third kappa shape index (κ3) is 1.55. The zero-order chi connectivity index (χ0) is 14.9. The van der Waals surface area contributed by atoms with Crippen LogP contribution in [0.4, 0.5) is 0 Å². The van der Waals surface area contributed by atoms with Crippen molar-refractivity contribution in [3.05, 3.63) is 12.2 Å². The highest BCUT2D eigenvalue weighted by molar-refractivity contribution is 6.06. The molecule has 1 aliphatic heterocycles. The summed E-state index contributed by atoms with van der Waals surface area (Å²) in [6.45, 7) is 6.39. The molecule has 8 atom stereocenters. The third-order valence-electron chi connectivity index (χ3n) is 6.90. The summed E-state index contributed by atoms with van der Waals surface area (Å²) in [4.78, 5) is 25.2. The van der Waals surface area contributed by atoms with Crippen LogP contribution in [0.1, 0.15) is 40.0 Å². The second kappa shape index (κ2) is 4.21. The Morgan fingerprint density at radius 1 is 1.19 bits per heavy atom. The van der Waals surface area contributed by atoms with Crippen LogP contribution in [-0.4, -0.2) is 17.9 Å². The Morgan fingerprint density at radius 3 is 2.71 bits per heavy atom. The average Bonchev–Trinajstić information content (AvgIpc) is 2.85. The number of hydrogen-bond donors (Lipinski definition) is 0. The quantitative estimate of drug-likeness (QED) is 0.391. The van der Waals surface area contributed by atoms with E-state index in [-0.39, 0.29) is 35.1 Å². The number of cyclic esters (lactones) is 1. The highest BCUT2D eigenvalue weighted by Crippen LogP contribution is 2.62. The molecule has 0 radical (unpaired) electrons. The molecule has 0 spiro atoms. The van der Waals surface area contributed by atoms with Crippen molar-refractivity contribution in [2.24, 2.45) is 40.9 Å². The van der Waals surface area contributed by atoms with Crippen molar-refractivity contribution in [2.45, 2.75) is 46.1 Å². The molecule has 4 rings (SSSR count). The summed E-state index contributed by atoms with van der Waals surface area (Å²) < 4.78 is 5.35. The Kier molecular flexibility index (Phi) is 2.71. The fourth-order valence-electron chi connectivity index (χ4n) is 5.85. The zero-order valence-electron chi connectivity index (χ0n) is 13.0. The number of carbonyl (C=O) groups excluding carboxylic acids is 2. The minimum absolute atomic E-state index is 0.0616. The molecule has 0 bridgehead atoms. The van der Waals surface area contributed by atoms with Crippen LogP contribution < -0.4 is 0 Å². The first-order valence-corrected chi connectivity index (χ1v) is 8.37. The Bertz CT molecular complexity index is 537. The van der Waals surface area contributed by atoms with Gasteiger partial charge in [0.25, 0.3) is 0 Å². The smallest absolute Gasteiger partial charge is 0.317 e. The van der Waals surface area contributed by atoms with Gasteiger partial charge >= 0.3 is 5.97 Å². The highest BCUT2D eigenvalue weighted by Gasteiger charge is 2.68. The Balaban J connectivity index is 1.78. The second-order valence-electron chi connectivity index (χ2n) is 7.94. The van der Waals surface area contributed by atoms with E-state index in [1.54, 1.807) is 0 Å². The normalized spacial score (nSPS) is 54.9. The van der Waals surface area contributed by atoms with Crippen molar-refractivity contribution in [1.29, 1.82) is 0 Å². The van der Waals surface area contributed by atoms with E-state index >= 15 is 0 Å². The van der Waals surface area contributed by atoms with E-state index in [9.17, 15) is 9.59 Å². The van der Waals surface area contributed by atoms with Gasteiger partial charge in [-0.3, -0.25) is 9.59 Å². The molecule has 0 aromatic carbocycles. The minimum Gasteiger partial charge on any atom is -0.462 e. The first-order valence-electron chi connectivity index (χ1n) is 8.37. The summed E-state index contributed by atoms with van der Waals surface area (Å²) in [6, 6.07) is 0. The molecule has 1 heterocycles. The molecule has 3 heteroatoms. The largest absolute Gasteiger partial charge is 0.462 e. The number of hydrogen-bond acceptors (Lipinski definition) is 3. The highest BCUT2D eigenvalue weighted by atomic mass is 16.6. The summed E-state index contributed by atoms with van der Waals surface area (Å²) in [5, 5.41) is 0. The lowest BCUT2D eigenvalue weighted by Gasteiger charge is -2.48. The number of allylic oxidation sites excluding steroid dienone is 2. The number of fused-ring (bicyclic) bond motifs is 5. The van der Waals surface area contributed by atoms with Gasteiger partial charge in [0.05, 0.1) is 0 Å². The number of rotatable bonds is 0. The van der Waals surface area contributed by atoms with Crippen molar-refractivity contribution in [1.82, 2.24) is 0 Å². The van der Waals surface area contributed by atoms with Gasteiger partial charge < -0.3 is 4.74 Å². The number of ketones is 1. The van der Waals surface area contributed by atoms with E-state index in [1.807, 2.05) is 6.92 Å². The van der Waals surface area contributed by atoms with Gasteiger partial charge in [-0.25, -0.2) is 0 Å². The van der Waals surface area contributed by atoms with Crippen molar-refractivity contribution < 1.29 is 14.3 Å². The van der Waals surface area contributed by atoms with Crippen molar-refractivity contribution >= 4 is 11.8 Å². The van der Waals surface area contributed by atoms with Crippen LogP contribution in [0, 0.1) is 40.9 Å². The summed E-state index contributed by atoms with van der Waals surface area (Å²) in [6.07, 6.45) is 7.99. The van der Waals surface area contributed by atoms with Gasteiger partial charge in [0.15, 0.2) is 5.78 Å². The molecule has 4 aliphatic rings. The molecule has 3 nitrogen and oxygen atoms in total. The Labute approximate surface area is 126 Å². The maximum atomic E-state index is 13.1. The zero-order valence-corrected chi connectivity index (χ0v) is 13.0. The molecular formula is C18H24O3. The van der Waals surface area contributed by atoms with E-state index in [0.29, 0.717) is 11.8 Å². The van der Waals surface area contributed by atoms with Gasteiger partial charge in [0.1, 0.15) is 12.0 Å². The molecular weight excluding hydrogens is 264 g/mol. The van der Waals surface area contributed by atoms with Crippen LogP contribution in [0.3, 0.4) is 0 Å². The first-order chi connectivity index (χ1) is 9.94. The van der Waals surface area contributed by atoms with E-state index < -0.39 is 5.92 Å². The van der Waals surface area contributed by atoms with Crippen LogP contribution >= 0.6 is 0 Å². The molecule has 0 aromatic heterocycles. The third-order valence-corrected chi connectivity index (χ3v) is 6.90. The lowest BCUT2D eigenvalue weighted by molar-refractivity contribution is -0.150. The van der Waals surface area contributed by atoms with Crippen molar-refractivity contribution in [2.75, 3.05) is 0 Å². The average molecular weight is 288 g/mol. The van der Waals surface area contributed by atoms with Gasteiger partial charge in [-0.05, 0) is 43.4 Å². The van der Waals surface area contributed by atoms with Gasteiger partial charge in [0, 0.05) is 11.3 Å². The lowest BCUT2D eigenvalue weighted by Crippen LogP contribution is -2.47.